The second kappa shape index (κ2) is 2.71. The summed E-state index contributed by atoms with van der Waals surface area (Å²) in [5, 5.41) is 0. The van der Waals surface area contributed by atoms with Crippen molar-refractivity contribution >= 4 is 15.6 Å². The van der Waals surface area contributed by atoms with Gasteiger partial charge >= 0.3 is 0 Å². The van der Waals surface area contributed by atoms with Gasteiger partial charge in [-0.1, -0.05) is 0 Å². The standard InChI is InChI=1S/C6H15NOS/c1-6(2)7(3)9(4,5)8/h6H,4H2,1-3,5H3/i3D3. The molecule has 1 unspecified atom stereocenters. The Labute approximate surface area is 62.2 Å². The highest BCUT2D eigenvalue weighted by atomic mass is 32.2. The van der Waals surface area contributed by atoms with E-state index in [-0.39, 0.29) is 6.04 Å². The molecule has 0 saturated heterocycles. The predicted octanol–water partition coefficient (Wildman–Crippen LogP) is 0.588. The molecule has 9 heavy (non-hydrogen) atoms. The minimum atomic E-state index is -2.65. The van der Waals surface area contributed by atoms with Crippen molar-refractivity contribution in [3.8, 4) is 0 Å². The normalized spacial score (nSPS) is 24.8. The number of hydrogen-bond donors (Lipinski definition) is 0. The molecule has 0 bridgehead atoms. The summed E-state index contributed by atoms with van der Waals surface area (Å²) in [4.78, 5) is 0. The Kier molecular flexibility index (Phi) is 1.43. The number of rotatable bonds is 2. The van der Waals surface area contributed by atoms with Gasteiger partial charge in [0.25, 0.3) is 0 Å². The second-order valence-electron chi connectivity index (χ2n) is 2.38. The summed E-state index contributed by atoms with van der Waals surface area (Å²) in [7, 11) is -2.65. The summed E-state index contributed by atoms with van der Waals surface area (Å²) >= 11 is 0. The molecule has 0 N–H and O–H groups in total. The maximum absolute atomic E-state index is 11.4. The molecule has 0 aromatic heterocycles. The fourth-order valence-electron chi connectivity index (χ4n) is 0.446. The van der Waals surface area contributed by atoms with Gasteiger partial charge in [-0.3, -0.25) is 4.21 Å². The van der Waals surface area contributed by atoms with Crippen molar-refractivity contribution < 1.29 is 8.32 Å². The molecule has 0 amide bonds. The van der Waals surface area contributed by atoms with Crippen molar-refractivity contribution in [2.75, 3.05) is 13.2 Å². The van der Waals surface area contributed by atoms with Crippen LogP contribution in [0.5, 0.6) is 0 Å². The van der Waals surface area contributed by atoms with Crippen LogP contribution in [-0.2, 0) is 9.71 Å². The van der Waals surface area contributed by atoms with Crippen molar-refractivity contribution in [3.05, 3.63) is 0 Å². The van der Waals surface area contributed by atoms with E-state index in [9.17, 15) is 4.21 Å². The highest BCUT2D eigenvalue weighted by Gasteiger charge is 2.07. The summed E-state index contributed by atoms with van der Waals surface area (Å²) in [6.45, 7) is 1.03. The second-order valence-corrected chi connectivity index (χ2v) is 4.69. The zero-order valence-corrected chi connectivity index (χ0v) is 6.86. The van der Waals surface area contributed by atoms with Crippen LogP contribution >= 0.6 is 0 Å². The molecule has 56 valence electrons. The molecule has 0 aromatic carbocycles. The first-order valence-corrected chi connectivity index (χ1v) is 4.77. The van der Waals surface area contributed by atoms with Crippen LogP contribution in [0.1, 0.15) is 18.0 Å². The molecule has 0 rings (SSSR count). The molecule has 0 radical (unpaired) electrons. The number of nitrogens with zero attached hydrogens (tertiary/aromatic N) is 1. The summed E-state index contributed by atoms with van der Waals surface area (Å²) < 4.78 is 33.7. The molecular weight excluding hydrogens is 134 g/mol. The van der Waals surface area contributed by atoms with Gasteiger partial charge in [0.15, 0.2) is 0 Å². The number of hydrogen-bond acceptors (Lipinski definition) is 1. The SMILES string of the molecule is [2H]C([2H])([2H])N(C(C)C)S(=C)(C)=O. The van der Waals surface area contributed by atoms with Crippen LogP contribution in [0.25, 0.3) is 0 Å². The van der Waals surface area contributed by atoms with Gasteiger partial charge in [-0.05, 0) is 26.7 Å². The molecule has 0 aliphatic carbocycles. The highest BCUT2D eigenvalue weighted by molar-refractivity contribution is 7.97. The van der Waals surface area contributed by atoms with Crippen LogP contribution in [0.2, 0.25) is 0 Å². The zero-order chi connectivity index (χ0) is 10.2. The maximum Gasteiger partial charge on any atom is 0.0405 e. The first kappa shape index (κ1) is 4.74. The highest BCUT2D eigenvalue weighted by Crippen LogP contribution is 1.98. The van der Waals surface area contributed by atoms with Crippen LogP contribution in [0.4, 0.5) is 0 Å². The molecule has 3 heteroatoms. The molecule has 0 saturated carbocycles. The van der Waals surface area contributed by atoms with Crippen LogP contribution in [0.15, 0.2) is 0 Å². The van der Waals surface area contributed by atoms with Crippen molar-refractivity contribution in [3.63, 3.8) is 0 Å². The zero-order valence-electron chi connectivity index (χ0n) is 9.05. The van der Waals surface area contributed by atoms with Crippen LogP contribution < -0.4 is 0 Å². The summed E-state index contributed by atoms with van der Waals surface area (Å²) in [5.41, 5.74) is 0. The smallest absolute Gasteiger partial charge is 0.0405 e. The molecular formula is C6H15NOS. The molecule has 0 heterocycles. The molecule has 0 spiro atoms. The predicted molar refractivity (Wildman–Crippen MR) is 44.1 cm³/mol. The quantitative estimate of drug-likeness (QED) is 0.530. The molecule has 1 atom stereocenters. The van der Waals surface area contributed by atoms with E-state index in [2.05, 4.69) is 5.87 Å². The first-order valence-electron chi connectivity index (χ1n) is 4.18. The Hall–Kier alpha value is -0.0200. The molecule has 0 aliphatic heterocycles. The fourth-order valence-corrected chi connectivity index (χ4v) is 1.34. The topological polar surface area (TPSA) is 20.3 Å². The van der Waals surface area contributed by atoms with Gasteiger partial charge in [-0.25, -0.2) is 4.31 Å². The summed E-state index contributed by atoms with van der Waals surface area (Å²) in [5.74, 6) is 3.35. The van der Waals surface area contributed by atoms with Crippen LogP contribution in [-0.4, -0.2) is 33.7 Å². The monoisotopic (exact) mass is 152 g/mol. The third-order valence-corrected chi connectivity index (χ3v) is 2.14. The van der Waals surface area contributed by atoms with Gasteiger partial charge in [-0.2, -0.15) is 0 Å². The molecule has 0 aliphatic rings. The van der Waals surface area contributed by atoms with Gasteiger partial charge in [0.2, 0.25) is 0 Å². The van der Waals surface area contributed by atoms with Crippen molar-refractivity contribution in [1.82, 2.24) is 4.31 Å². The lowest BCUT2D eigenvalue weighted by Gasteiger charge is -2.21. The van der Waals surface area contributed by atoms with E-state index in [1.807, 2.05) is 0 Å². The molecule has 0 fully saturated rings. The van der Waals surface area contributed by atoms with E-state index in [0.29, 0.717) is 0 Å². The fraction of sp³-hybridized carbons (Fsp3) is 0.833. The minimum absolute atomic E-state index is 0.299. The third-order valence-electron chi connectivity index (χ3n) is 0.885. The van der Waals surface area contributed by atoms with Gasteiger partial charge < -0.3 is 0 Å². The Morgan fingerprint density at radius 1 is 1.78 bits per heavy atom. The maximum atomic E-state index is 11.4. The van der Waals surface area contributed by atoms with Gasteiger partial charge in [0.1, 0.15) is 0 Å². The van der Waals surface area contributed by atoms with E-state index in [1.54, 1.807) is 13.8 Å². The average Bonchev–Trinajstić information content (AvgIpc) is 1.49. The largest absolute Gasteiger partial charge is 0.253 e. The first-order chi connectivity index (χ1) is 5.07. The van der Waals surface area contributed by atoms with Gasteiger partial charge in [-0.15, -0.1) is 0 Å². The third kappa shape index (κ3) is 2.87. The average molecular weight is 152 g/mol. The van der Waals surface area contributed by atoms with Gasteiger partial charge in [0, 0.05) is 26.1 Å². The van der Waals surface area contributed by atoms with E-state index >= 15 is 0 Å². The van der Waals surface area contributed by atoms with E-state index in [4.69, 9.17) is 4.11 Å². The van der Waals surface area contributed by atoms with Crippen molar-refractivity contribution in [1.29, 1.82) is 0 Å². The van der Waals surface area contributed by atoms with E-state index in [1.165, 1.54) is 6.26 Å². The van der Waals surface area contributed by atoms with E-state index in [0.717, 1.165) is 4.31 Å². The van der Waals surface area contributed by atoms with Crippen LogP contribution in [0.3, 0.4) is 0 Å². The lowest BCUT2D eigenvalue weighted by molar-refractivity contribution is 0.444. The Morgan fingerprint density at radius 2 is 2.22 bits per heavy atom. The molecule has 0 aromatic rings. The van der Waals surface area contributed by atoms with E-state index < -0.39 is 16.7 Å². The minimum Gasteiger partial charge on any atom is -0.253 e. The molecule has 2 nitrogen and oxygen atoms in total. The van der Waals surface area contributed by atoms with Crippen molar-refractivity contribution in [2.24, 2.45) is 0 Å². The lowest BCUT2D eigenvalue weighted by Crippen LogP contribution is -2.31. The summed E-state index contributed by atoms with van der Waals surface area (Å²) in [6, 6.07) is -0.299. The van der Waals surface area contributed by atoms with Crippen LogP contribution in [0, 0.1) is 0 Å². The van der Waals surface area contributed by atoms with Crippen molar-refractivity contribution in [2.45, 2.75) is 19.9 Å². The Balaban J connectivity index is 4.97. The van der Waals surface area contributed by atoms with Gasteiger partial charge in [0.05, 0.1) is 0 Å². The Morgan fingerprint density at radius 3 is 2.22 bits per heavy atom. The summed E-state index contributed by atoms with van der Waals surface area (Å²) in [6.07, 6.45) is 1.33. The Bertz CT molecular complexity index is 242. The lowest BCUT2D eigenvalue weighted by atomic mass is 10.4.